The number of hydrogen-bond acceptors (Lipinski definition) is 4. The monoisotopic (exact) mass is 463 g/mol. The van der Waals surface area contributed by atoms with Gasteiger partial charge >= 0.3 is 6.03 Å². The highest BCUT2D eigenvalue weighted by molar-refractivity contribution is 6.39. The normalized spacial score (nSPS) is 15.5. The lowest BCUT2D eigenvalue weighted by molar-refractivity contribution is -0.128. The van der Waals surface area contributed by atoms with E-state index in [1.165, 1.54) is 13.1 Å². The molecule has 0 atom stereocenters. The van der Waals surface area contributed by atoms with E-state index < -0.39 is 17.8 Å². The summed E-state index contributed by atoms with van der Waals surface area (Å²) in [5.74, 6) is -0.687. The number of amides is 4. The summed E-state index contributed by atoms with van der Waals surface area (Å²) in [6, 6.07) is 15.0. The van der Waals surface area contributed by atoms with Gasteiger partial charge in [-0.3, -0.25) is 14.5 Å². The molecular formula is C25H22ClN3O4. The Kier molecular flexibility index (Phi) is 5.82. The van der Waals surface area contributed by atoms with E-state index in [-0.39, 0.29) is 5.57 Å². The molecule has 1 aromatic heterocycles. The number of nitrogens with zero attached hydrogens (tertiary/aromatic N) is 3. The molecule has 0 radical (unpaired) electrons. The van der Waals surface area contributed by atoms with Crippen molar-refractivity contribution in [3.8, 4) is 11.4 Å². The molecule has 0 aliphatic carbocycles. The second kappa shape index (κ2) is 8.60. The molecule has 7 nitrogen and oxygen atoms in total. The number of aryl methyl sites for hydroxylation is 1. The second-order valence-corrected chi connectivity index (χ2v) is 8.10. The zero-order valence-electron chi connectivity index (χ0n) is 18.6. The van der Waals surface area contributed by atoms with Crippen LogP contribution in [0.15, 0.2) is 60.2 Å². The number of anilines is 1. The minimum Gasteiger partial charge on any atom is -0.495 e. The lowest BCUT2D eigenvalue weighted by Crippen LogP contribution is -2.55. The van der Waals surface area contributed by atoms with Crippen LogP contribution < -0.4 is 9.64 Å². The van der Waals surface area contributed by atoms with Crippen molar-refractivity contribution in [2.75, 3.05) is 19.1 Å². The fourth-order valence-electron chi connectivity index (χ4n) is 3.94. The number of halogens is 1. The quantitative estimate of drug-likeness (QED) is 0.413. The second-order valence-electron chi connectivity index (χ2n) is 7.66. The van der Waals surface area contributed by atoms with E-state index in [1.54, 1.807) is 55.6 Å². The Morgan fingerprint density at radius 1 is 0.939 bits per heavy atom. The first-order valence-electron chi connectivity index (χ1n) is 10.2. The van der Waals surface area contributed by atoms with Crippen LogP contribution in [-0.4, -0.2) is 41.5 Å². The molecule has 2 heterocycles. The number of para-hydroxylation sites is 1. The van der Waals surface area contributed by atoms with Crippen molar-refractivity contribution in [1.29, 1.82) is 0 Å². The Hall–Kier alpha value is -3.84. The standard InChI is InChI=1S/C25H22ClN3O4/c1-15-12-17(16(2)28(15)21-14-18(26)10-11-22(21)33-4)13-20-23(30)27(3)25(32)29(24(20)31)19-8-6-5-7-9-19/h5-14H,1-4H3/b20-13+. The summed E-state index contributed by atoms with van der Waals surface area (Å²) < 4.78 is 7.44. The van der Waals surface area contributed by atoms with E-state index >= 15 is 0 Å². The zero-order chi connectivity index (χ0) is 23.9. The van der Waals surface area contributed by atoms with Gasteiger partial charge in [-0.15, -0.1) is 0 Å². The van der Waals surface area contributed by atoms with Gasteiger partial charge in [0.05, 0.1) is 18.5 Å². The van der Waals surface area contributed by atoms with E-state index in [2.05, 4.69) is 0 Å². The third kappa shape index (κ3) is 3.81. The maximum absolute atomic E-state index is 13.3. The van der Waals surface area contributed by atoms with E-state index in [9.17, 15) is 14.4 Å². The fourth-order valence-corrected chi connectivity index (χ4v) is 4.11. The number of methoxy groups -OCH3 is 1. The number of benzene rings is 2. The topological polar surface area (TPSA) is 71.8 Å². The van der Waals surface area contributed by atoms with Gasteiger partial charge in [0.25, 0.3) is 11.8 Å². The molecule has 1 saturated heterocycles. The average molecular weight is 464 g/mol. The summed E-state index contributed by atoms with van der Waals surface area (Å²) in [6.45, 7) is 3.78. The van der Waals surface area contributed by atoms with Crippen LogP contribution >= 0.6 is 11.6 Å². The largest absolute Gasteiger partial charge is 0.495 e. The van der Waals surface area contributed by atoms with Crippen molar-refractivity contribution in [2.45, 2.75) is 13.8 Å². The van der Waals surface area contributed by atoms with Crippen molar-refractivity contribution in [3.05, 3.63) is 82.1 Å². The first-order valence-corrected chi connectivity index (χ1v) is 10.6. The summed E-state index contributed by atoms with van der Waals surface area (Å²) in [7, 11) is 2.94. The number of aromatic nitrogens is 1. The molecule has 1 aliphatic heterocycles. The van der Waals surface area contributed by atoms with Crippen LogP contribution in [0, 0.1) is 13.8 Å². The van der Waals surface area contributed by atoms with Crippen molar-refractivity contribution >= 4 is 41.2 Å². The van der Waals surface area contributed by atoms with Gasteiger partial charge in [0.2, 0.25) is 0 Å². The van der Waals surface area contributed by atoms with E-state index in [0.717, 1.165) is 26.9 Å². The van der Waals surface area contributed by atoms with Crippen LogP contribution in [0.25, 0.3) is 11.8 Å². The van der Waals surface area contributed by atoms with Crippen molar-refractivity contribution < 1.29 is 19.1 Å². The van der Waals surface area contributed by atoms with Crippen LogP contribution in [0.1, 0.15) is 17.0 Å². The molecule has 0 unspecified atom stereocenters. The van der Waals surface area contributed by atoms with Crippen LogP contribution in [0.5, 0.6) is 5.75 Å². The third-order valence-electron chi connectivity index (χ3n) is 5.61. The van der Waals surface area contributed by atoms with Gasteiger partial charge in [0, 0.05) is 23.5 Å². The first-order chi connectivity index (χ1) is 15.7. The predicted octanol–water partition coefficient (Wildman–Crippen LogP) is 4.76. The number of carbonyl (C=O) groups excluding carboxylic acids is 3. The van der Waals surface area contributed by atoms with Crippen LogP contribution in [0.3, 0.4) is 0 Å². The minimum absolute atomic E-state index is 0.0979. The van der Waals surface area contributed by atoms with Crippen LogP contribution in [0.4, 0.5) is 10.5 Å². The Bertz CT molecular complexity index is 1310. The minimum atomic E-state index is -0.692. The Morgan fingerprint density at radius 3 is 2.30 bits per heavy atom. The Balaban J connectivity index is 1.83. The van der Waals surface area contributed by atoms with Gasteiger partial charge < -0.3 is 9.30 Å². The lowest BCUT2D eigenvalue weighted by atomic mass is 10.1. The molecule has 8 heteroatoms. The summed E-state index contributed by atoms with van der Waals surface area (Å²) in [5.41, 5.74) is 3.35. The Morgan fingerprint density at radius 2 is 1.64 bits per heavy atom. The van der Waals surface area contributed by atoms with Crippen LogP contribution in [-0.2, 0) is 9.59 Å². The number of barbiturate groups is 1. The smallest absolute Gasteiger partial charge is 0.338 e. The number of ether oxygens (including phenoxy) is 1. The Labute approximate surface area is 196 Å². The van der Waals surface area contributed by atoms with E-state index in [0.29, 0.717) is 22.0 Å². The SMILES string of the molecule is COc1ccc(Cl)cc1-n1c(C)cc(/C=C2\C(=O)N(C)C(=O)N(c3ccccc3)C2=O)c1C. The zero-order valence-corrected chi connectivity index (χ0v) is 19.4. The van der Waals surface area contributed by atoms with Gasteiger partial charge in [-0.1, -0.05) is 29.8 Å². The summed E-state index contributed by atoms with van der Waals surface area (Å²) in [5, 5.41) is 0.550. The lowest BCUT2D eigenvalue weighted by Gasteiger charge is -2.31. The molecule has 0 N–H and O–H groups in total. The molecule has 168 valence electrons. The third-order valence-corrected chi connectivity index (χ3v) is 5.85. The molecule has 0 spiro atoms. The number of imide groups is 2. The molecule has 4 rings (SSSR count). The van der Waals surface area contributed by atoms with Crippen molar-refractivity contribution in [2.24, 2.45) is 0 Å². The summed E-state index contributed by atoms with van der Waals surface area (Å²) in [6.07, 6.45) is 1.53. The van der Waals surface area contributed by atoms with Gasteiger partial charge in [-0.25, -0.2) is 9.69 Å². The molecule has 4 amide bonds. The number of carbonyl (C=O) groups is 3. The van der Waals surface area contributed by atoms with Crippen molar-refractivity contribution in [3.63, 3.8) is 0 Å². The molecule has 2 aromatic carbocycles. The summed E-state index contributed by atoms with van der Waals surface area (Å²) >= 11 is 6.22. The average Bonchev–Trinajstić information content (AvgIpc) is 3.08. The molecule has 0 bridgehead atoms. The number of hydrogen-bond donors (Lipinski definition) is 0. The van der Waals surface area contributed by atoms with Crippen molar-refractivity contribution in [1.82, 2.24) is 9.47 Å². The molecule has 0 saturated carbocycles. The van der Waals surface area contributed by atoms with Crippen LogP contribution in [0.2, 0.25) is 5.02 Å². The number of rotatable bonds is 4. The van der Waals surface area contributed by atoms with Gasteiger partial charge in [-0.05, 0) is 61.9 Å². The molecule has 1 fully saturated rings. The highest BCUT2D eigenvalue weighted by atomic mass is 35.5. The molecule has 3 aromatic rings. The summed E-state index contributed by atoms with van der Waals surface area (Å²) in [4.78, 5) is 40.8. The maximum Gasteiger partial charge on any atom is 0.338 e. The van der Waals surface area contributed by atoms with E-state index in [4.69, 9.17) is 16.3 Å². The van der Waals surface area contributed by atoms with Gasteiger partial charge in [-0.2, -0.15) is 0 Å². The molecule has 33 heavy (non-hydrogen) atoms. The highest BCUT2D eigenvalue weighted by Gasteiger charge is 2.41. The molecular weight excluding hydrogens is 442 g/mol. The first kappa shape index (κ1) is 22.4. The number of likely N-dealkylation sites (N-methyl/N-ethyl adjacent to an activating group) is 1. The van der Waals surface area contributed by atoms with Gasteiger partial charge in [0.15, 0.2) is 0 Å². The van der Waals surface area contributed by atoms with E-state index in [1.807, 2.05) is 24.5 Å². The highest BCUT2D eigenvalue weighted by Crippen LogP contribution is 2.32. The number of urea groups is 1. The molecule has 1 aliphatic rings. The fraction of sp³-hybridized carbons (Fsp3) is 0.160. The predicted molar refractivity (Wildman–Crippen MR) is 127 cm³/mol. The maximum atomic E-state index is 13.3. The van der Waals surface area contributed by atoms with Gasteiger partial charge in [0.1, 0.15) is 11.3 Å².